The fraction of sp³-hybridized carbons (Fsp3) is 0.333. The highest BCUT2D eigenvalue weighted by Crippen LogP contribution is 2.31. The summed E-state index contributed by atoms with van der Waals surface area (Å²) in [5.74, 6) is 0.714. The van der Waals surface area contributed by atoms with Crippen LogP contribution in [0.25, 0.3) is 0 Å². The average molecular weight is 253 g/mol. The summed E-state index contributed by atoms with van der Waals surface area (Å²) in [6.45, 7) is 0.713. The second-order valence-electron chi connectivity index (χ2n) is 3.93. The molecule has 2 rings (SSSR count). The first-order valence-corrected chi connectivity index (χ1v) is 5.42. The second kappa shape index (κ2) is 4.69. The van der Waals surface area contributed by atoms with E-state index in [4.69, 9.17) is 5.26 Å². The highest BCUT2D eigenvalue weighted by molar-refractivity contribution is 5.97. The summed E-state index contributed by atoms with van der Waals surface area (Å²) in [6.07, 6.45) is -2.76. The summed E-state index contributed by atoms with van der Waals surface area (Å²) >= 11 is 0. The molecule has 1 aromatic carbocycles. The normalized spacial score (nSPS) is 15.1. The number of amidine groups is 1. The van der Waals surface area contributed by atoms with E-state index in [0.29, 0.717) is 18.1 Å². The van der Waals surface area contributed by atoms with Crippen LogP contribution in [-0.4, -0.2) is 12.4 Å². The smallest absolute Gasteiger partial charge is 0.343 e. The largest absolute Gasteiger partial charge is 0.416 e. The Kier molecular flexibility index (Phi) is 3.24. The lowest BCUT2D eigenvalue weighted by atomic mass is 10.1. The van der Waals surface area contributed by atoms with Gasteiger partial charge in [0.05, 0.1) is 16.8 Å². The summed E-state index contributed by atoms with van der Waals surface area (Å²) in [5, 5.41) is 11.8. The first-order chi connectivity index (χ1) is 8.50. The molecule has 18 heavy (non-hydrogen) atoms. The van der Waals surface area contributed by atoms with Gasteiger partial charge in [0, 0.05) is 13.0 Å². The molecule has 1 aromatic rings. The van der Waals surface area contributed by atoms with Gasteiger partial charge in [0.25, 0.3) is 0 Å². The molecule has 0 unspecified atom stereocenters. The Morgan fingerprint density at radius 1 is 1.33 bits per heavy atom. The summed E-state index contributed by atoms with van der Waals surface area (Å²) in [4.78, 5) is 4.15. The molecule has 1 N–H and O–H groups in total. The number of rotatable bonds is 1. The number of alkyl halides is 3. The molecule has 0 spiro atoms. The van der Waals surface area contributed by atoms with Crippen LogP contribution in [0.1, 0.15) is 24.0 Å². The quantitative estimate of drug-likeness (QED) is 0.835. The van der Waals surface area contributed by atoms with Crippen LogP contribution >= 0.6 is 0 Å². The van der Waals surface area contributed by atoms with E-state index in [2.05, 4.69) is 10.3 Å². The first-order valence-electron chi connectivity index (χ1n) is 5.42. The van der Waals surface area contributed by atoms with Crippen LogP contribution in [0.5, 0.6) is 0 Å². The van der Waals surface area contributed by atoms with Crippen molar-refractivity contribution in [2.24, 2.45) is 4.99 Å². The van der Waals surface area contributed by atoms with Crippen molar-refractivity contribution >= 4 is 11.5 Å². The average Bonchev–Trinajstić information content (AvgIpc) is 2.81. The zero-order valence-electron chi connectivity index (χ0n) is 9.38. The minimum atomic E-state index is -4.44. The van der Waals surface area contributed by atoms with Gasteiger partial charge in [-0.15, -0.1) is 0 Å². The van der Waals surface area contributed by atoms with Gasteiger partial charge in [-0.2, -0.15) is 18.4 Å². The number of nitrogens with one attached hydrogen (secondary N) is 1. The molecule has 1 heterocycles. The SMILES string of the molecule is N#Cc1cc(C(F)(F)F)ccc1NC1=NCCC1. The summed E-state index contributed by atoms with van der Waals surface area (Å²) < 4.78 is 37.5. The minimum Gasteiger partial charge on any atom is -0.343 e. The first kappa shape index (κ1) is 12.4. The van der Waals surface area contributed by atoms with Crippen LogP contribution in [0.4, 0.5) is 18.9 Å². The number of anilines is 1. The Morgan fingerprint density at radius 3 is 2.67 bits per heavy atom. The number of hydrogen-bond donors (Lipinski definition) is 1. The third kappa shape index (κ3) is 2.62. The van der Waals surface area contributed by atoms with Gasteiger partial charge in [0.15, 0.2) is 0 Å². The fourth-order valence-corrected chi connectivity index (χ4v) is 1.72. The van der Waals surface area contributed by atoms with E-state index in [1.54, 1.807) is 6.07 Å². The van der Waals surface area contributed by atoms with Crippen molar-refractivity contribution in [2.75, 3.05) is 11.9 Å². The van der Waals surface area contributed by atoms with Gasteiger partial charge < -0.3 is 5.32 Å². The van der Waals surface area contributed by atoms with Crippen molar-refractivity contribution in [1.29, 1.82) is 5.26 Å². The molecule has 1 aliphatic rings. The van der Waals surface area contributed by atoms with E-state index in [9.17, 15) is 13.2 Å². The lowest BCUT2D eigenvalue weighted by Gasteiger charge is -2.11. The third-order valence-corrected chi connectivity index (χ3v) is 2.62. The molecule has 94 valence electrons. The maximum absolute atomic E-state index is 12.5. The Balaban J connectivity index is 2.29. The number of aliphatic imine (C=N–C) groups is 1. The lowest BCUT2D eigenvalue weighted by Crippen LogP contribution is -2.11. The molecule has 0 amide bonds. The van der Waals surface area contributed by atoms with E-state index in [1.807, 2.05) is 0 Å². The van der Waals surface area contributed by atoms with Crippen LogP contribution in [-0.2, 0) is 6.18 Å². The summed E-state index contributed by atoms with van der Waals surface area (Å²) in [7, 11) is 0. The minimum absolute atomic E-state index is 0.0283. The maximum atomic E-state index is 12.5. The van der Waals surface area contributed by atoms with Crippen molar-refractivity contribution < 1.29 is 13.2 Å². The van der Waals surface area contributed by atoms with E-state index in [0.717, 1.165) is 25.0 Å². The van der Waals surface area contributed by atoms with Crippen LogP contribution in [0.3, 0.4) is 0 Å². The van der Waals surface area contributed by atoms with Crippen molar-refractivity contribution in [1.82, 2.24) is 0 Å². The Labute approximate surface area is 102 Å². The van der Waals surface area contributed by atoms with Gasteiger partial charge in [-0.05, 0) is 24.6 Å². The Morgan fingerprint density at radius 2 is 2.11 bits per heavy atom. The van der Waals surface area contributed by atoms with Gasteiger partial charge >= 0.3 is 6.18 Å². The summed E-state index contributed by atoms with van der Waals surface area (Å²) in [6, 6.07) is 4.83. The molecular weight excluding hydrogens is 243 g/mol. The number of benzene rings is 1. The molecule has 3 nitrogen and oxygen atoms in total. The highest BCUT2D eigenvalue weighted by Gasteiger charge is 2.31. The Bertz CT molecular complexity index is 526. The third-order valence-electron chi connectivity index (χ3n) is 2.62. The molecule has 0 bridgehead atoms. The van der Waals surface area contributed by atoms with Crippen molar-refractivity contribution in [2.45, 2.75) is 19.0 Å². The second-order valence-corrected chi connectivity index (χ2v) is 3.93. The maximum Gasteiger partial charge on any atom is 0.416 e. The number of nitriles is 1. The monoisotopic (exact) mass is 253 g/mol. The predicted octanol–water partition coefficient (Wildman–Crippen LogP) is 3.18. The number of halogens is 3. The fourth-order valence-electron chi connectivity index (χ4n) is 1.72. The van der Waals surface area contributed by atoms with Crippen LogP contribution < -0.4 is 5.32 Å². The lowest BCUT2D eigenvalue weighted by molar-refractivity contribution is -0.137. The molecule has 0 fully saturated rings. The molecule has 0 saturated heterocycles. The topological polar surface area (TPSA) is 48.2 Å². The molecular formula is C12H10F3N3. The van der Waals surface area contributed by atoms with Gasteiger partial charge in [-0.1, -0.05) is 0 Å². The molecule has 0 radical (unpaired) electrons. The molecule has 0 aromatic heterocycles. The van der Waals surface area contributed by atoms with E-state index in [1.165, 1.54) is 6.07 Å². The van der Waals surface area contributed by atoms with E-state index >= 15 is 0 Å². The van der Waals surface area contributed by atoms with Crippen molar-refractivity contribution in [3.63, 3.8) is 0 Å². The standard InChI is InChI=1S/C12H10F3N3/c13-12(14,15)9-3-4-10(8(6-9)7-16)18-11-2-1-5-17-11/h3-4,6H,1-2,5H2,(H,17,18). The van der Waals surface area contributed by atoms with Crippen molar-refractivity contribution in [3.8, 4) is 6.07 Å². The number of nitrogens with zero attached hydrogens (tertiary/aromatic N) is 2. The van der Waals surface area contributed by atoms with E-state index < -0.39 is 11.7 Å². The van der Waals surface area contributed by atoms with Crippen molar-refractivity contribution in [3.05, 3.63) is 29.3 Å². The van der Waals surface area contributed by atoms with Gasteiger partial charge in [0.2, 0.25) is 0 Å². The molecule has 0 atom stereocenters. The summed E-state index contributed by atoms with van der Waals surface area (Å²) in [5.41, 5.74) is -0.483. The van der Waals surface area contributed by atoms with Crippen LogP contribution in [0.15, 0.2) is 23.2 Å². The molecule has 0 saturated carbocycles. The zero-order valence-corrected chi connectivity index (χ0v) is 9.38. The van der Waals surface area contributed by atoms with E-state index in [-0.39, 0.29) is 5.56 Å². The predicted molar refractivity (Wildman–Crippen MR) is 61.3 cm³/mol. The molecule has 0 aliphatic carbocycles. The molecule has 6 heteroatoms. The van der Waals surface area contributed by atoms with Crippen LogP contribution in [0, 0.1) is 11.3 Å². The Hall–Kier alpha value is -2.03. The highest BCUT2D eigenvalue weighted by atomic mass is 19.4. The number of hydrogen-bond acceptors (Lipinski definition) is 3. The van der Waals surface area contributed by atoms with Gasteiger partial charge in [-0.25, -0.2) is 0 Å². The zero-order chi connectivity index (χ0) is 13.2. The van der Waals surface area contributed by atoms with Crippen LogP contribution in [0.2, 0.25) is 0 Å². The van der Waals surface area contributed by atoms with Gasteiger partial charge in [-0.3, -0.25) is 4.99 Å². The molecule has 1 aliphatic heterocycles. The van der Waals surface area contributed by atoms with Gasteiger partial charge in [0.1, 0.15) is 11.9 Å².